The summed E-state index contributed by atoms with van der Waals surface area (Å²) in [7, 11) is 0. The van der Waals surface area contributed by atoms with Crippen molar-refractivity contribution >= 4 is 41.7 Å². The second kappa shape index (κ2) is 7.28. The first-order chi connectivity index (χ1) is 12.5. The van der Waals surface area contributed by atoms with Gasteiger partial charge in [-0.2, -0.15) is 0 Å². The first-order valence-electron chi connectivity index (χ1n) is 8.82. The molecule has 1 atom stereocenters. The van der Waals surface area contributed by atoms with Crippen LogP contribution in [0.4, 0.5) is 5.69 Å². The molecule has 0 saturated carbocycles. The molecule has 9 heteroatoms. The molecular weight excluding hydrogens is 372 g/mol. The van der Waals surface area contributed by atoms with Gasteiger partial charge in [-0.05, 0) is 31.4 Å². The van der Waals surface area contributed by atoms with E-state index in [0.717, 1.165) is 30.8 Å². The number of nitrogens with two attached hydrogens (primary N) is 1. The molecule has 1 unspecified atom stereocenters. The van der Waals surface area contributed by atoms with Gasteiger partial charge in [-0.15, -0.1) is 12.4 Å². The van der Waals surface area contributed by atoms with E-state index < -0.39 is 23.8 Å². The average Bonchev–Trinajstić information content (AvgIpc) is 2.87. The number of benzene rings is 1. The van der Waals surface area contributed by atoms with Crippen LogP contribution in [0.15, 0.2) is 18.2 Å². The Hall–Kier alpha value is -2.45. The van der Waals surface area contributed by atoms with E-state index in [2.05, 4.69) is 10.2 Å². The quantitative estimate of drug-likeness (QED) is 0.706. The molecule has 2 saturated heterocycles. The van der Waals surface area contributed by atoms with Crippen molar-refractivity contribution in [1.29, 1.82) is 0 Å². The van der Waals surface area contributed by atoms with Gasteiger partial charge in [0.2, 0.25) is 11.8 Å². The summed E-state index contributed by atoms with van der Waals surface area (Å²) in [6.07, 6.45) is 1.91. The molecule has 0 aromatic heterocycles. The number of hydrogen-bond donors (Lipinski definition) is 2. The number of nitrogens with one attached hydrogen (secondary N) is 1. The van der Waals surface area contributed by atoms with Crippen molar-refractivity contribution in [3.8, 4) is 0 Å². The molecule has 0 bridgehead atoms. The predicted octanol–water partition coefficient (Wildman–Crippen LogP) is 0.437. The summed E-state index contributed by atoms with van der Waals surface area (Å²) in [5.41, 5.74) is 7.32. The molecule has 0 radical (unpaired) electrons. The monoisotopic (exact) mass is 392 g/mol. The molecule has 1 aromatic rings. The summed E-state index contributed by atoms with van der Waals surface area (Å²) in [4.78, 5) is 52.5. The smallest absolute Gasteiger partial charge is 0.264 e. The fraction of sp³-hybridized carbons (Fsp3) is 0.444. The lowest BCUT2D eigenvalue weighted by molar-refractivity contribution is -0.136. The van der Waals surface area contributed by atoms with E-state index >= 15 is 0 Å². The maximum absolute atomic E-state index is 13.1. The van der Waals surface area contributed by atoms with Crippen LogP contribution in [0.3, 0.4) is 0 Å². The summed E-state index contributed by atoms with van der Waals surface area (Å²) >= 11 is 0. The Labute approximate surface area is 162 Å². The number of anilines is 1. The molecule has 3 aliphatic heterocycles. The van der Waals surface area contributed by atoms with Gasteiger partial charge in [-0.25, -0.2) is 0 Å². The average molecular weight is 393 g/mol. The first-order valence-corrected chi connectivity index (χ1v) is 8.82. The number of carbonyl (C=O) groups is 4. The Morgan fingerprint density at radius 3 is 2.37 bits per heavy atom. The van der Waals surface area contributed by atoms with Gasteiger partial charge in [0.25, 0.3) is 11.8 Å². The molecule has 3 heterocycles. The fourth-order valence-corrected chi connectivity index (χ4v) is 3.90. The first kappa shape index (κ1) is 19.3. The number of halogens is 1. The van der Waals surface area contributed by atoms with E-state index in [4.69, 9.17) is 5.73 Å². The lowest BCUT2D eigenvalue weighted by Gasteiger charge is -2.33. The Morgan fingerprint density at radius 1 is 1.00 bits per heavy atom. The molecule has 1 aromatic carbocycles. The highest BCUT2D eigenvalue weighted by atomic mass is 35.5. The molecule has 3 aliphatic rings. The summed E-state index contributed by atoms with van der Waals surface area (Å²) in [5.74, 6) is -1.92. The number of piperidine rings is 2. The number of carbonyl (C=O) groups excluding carboxylic acids is 4. The Balaban J connectivity index is 0.00000210. The number of fused-ring (bicyclic) bond motifs is 1. The van der Waals surface area contributed by atoms with Crippen LogP contribution in [-0.4, -0.2) is 53.7 Å². The molecule has 0 spiro atoms. The number of nitrogens with zero attached hydrogens (tertiary/aromatic N) is 2. The minimum atomic E-state index is -0.942. The van der Waals surface area contributed by atoms with Crippen molar-refractivity contribution in [2.45, 2.75) is 37.8 Å². The van der Waals surface area contributed by atoms with Crippen LogP contribution in [0.1, 0.15) is 46.4 Å². The highest BCUT2D eigenvalue weighted by molar-refractivity contribution is 6.25. The summed E-state index contributed by atoms with van der Waals surface area (Å²) in [6, 6.07) is 4.40. The van der Waals surface area contributed by atoms with Crippen LogP contribution in [0.2, 0.25) is 0 Å². The molecule has 4 amide bonds. The Bertz CT molecular complexity index is 820. The number of amides is 4. The van der Waals surface area contributed by atoms with E-state index in [9.17, 15) is 19.2 Å². The van der Waals surface area contributed by atoms with Crippen molar-refractivity contribution in [3.05, 3.63) is 29.3 Å². The molecular formula is C18H21ClN4O4. The molecule has 4 rings (SSSR count). The van der Waals surface area contributed by atoms with Gasteiger partial charge in [-0.3, -0.25) is 29.4 Å². The number of imide groups is 2. The van der Waals surface area contributed by atoms with Crippen molar-refractivity contribution in [2.24, 2.45) is 5.73 Å². The van der Waals surface area contributed by atoms with Crippen LogP contribution in [0.25, 0.3) is 0 Å². The number of hydrogen-bond acceptors (Lipinski definition) is 6. The molecule has 3 N–H and O–H groups in total. The summed E-state index contributed by atoms with van der Waals surface area (Å²) in [5, 5.41) is 2.21. The zero-order valence-electron chi connectivity index (χ0n) is 14.6. The van der Waals surface area contributed by atoms with Gasteiger partial charge in [0.1, 0.15) is 6.04 Å². The standard InChI is InChI=1S/C18H20N4O4.ClH/c19-10-6-8-21(9-7-10)12-3-1-2-11-15(12)18(26)22(17(11)25)13-4-5-14(23)20-16(13)24;/h1-3,10,13H,4-9,19H2,(H,20,23,24);1H. The van der Waals surface area contributed by atoms with E-state index in [1.54, 1.807) is 12.1 Å². The van der Waals surface area contributed by atoms with Crippen LogP contribution in [0.5, 0.6) is 0 Å². The zero-order valence-corrected chi connectivity index (χ0v) is 15.5. The maximum atomic E-state index is 13.1. The van der Waals surface area contributed by atoms with Gasteiger partial charge in [0.15, 0.2) is 0 Å². The summed E-state index contributed by atoms with van der Waals surface area (Å²) in [6.45, 7) is 1.44. The largest absolute Gasteiger partial charge is 0.371 e. The molecule has 27 heavy (non-hydrogen) atoms. The van der Waals surface area contributed by atoms with Crippen LogP contribution in [0, 0.1) is 0 Å². The Morgan fingerprint density at radius 2 is 1.70 bits per heavy atom. The normalized spacial score (nSPS) is 23.2. The Kier molecular flexibility index (Phi) is 5.21. The van der Waals surface area contributed by atoms with Gasteiger partial charge < -0.3 is 10.6 Å². The van der Waals surface area contributed by atoms with Gasteiger partial charge >= 0.3 is 0 Å². The lowest BCUT2D eigenvalue weighted by Crippen LogP contribution is -2.54. The second-order valence-electron chi connectivity index (χ2n) is 6.97. The summed E-state index contributed by atoms with van der Waals surface area (Å²) < 4.78 is 0. The van der Waals surface area contributed by atoms with E-state index in [0.29, 0.717) is 16.8 Å². The van der Waals surface area contributed by atoms with Crippen molar-refractivity contribution in [2.75, 3.05) is 18.0 Å². The van der Waals surface area contributed by atoms with E-state index in [1.807, 2.05) is 6.07 Å². The van der Waals surface area contributed by atoms with Crippen LogP contribution in [-0.2, 0) is 9.59 Å². The minimum absolute atomic E-state index is 0. The highest BCUT2D eigenvalue weighted by Crippen LogP contribution is 2.35. The van der Waals surface area contributed by atoms with Crippen molar-refractivity contribution in [3.63, 3.8) is 0 Å². The van der Waals surface area contributed by atoms with Crippen molar-refractivity contribution < 1.29 is 19.2 Å². The third-order valence-corrected chi connectivity index (χ3v) is 5.33. The number of rotatable bonds is 2. The highest BCUT2D eigenvalue weighted by Gasteiger charge is 2.46. The zero-order chi connectivity index (χ0) is 18.4. The minimum Gasteiger partial charge on any atom is -0.371 e. The van der Waals surface area contributed by atoms with Gasteiger partial charge in [-0.1, -0.05) is 6.07 Å². The van der Waals surface area contributed by atoms with Crippen molar-refractivity contribution in [1.82, 2.24) is 10.2 Å². The maximum Gasteiger partial charge on any atom is 0.264 e. The van der Waals surface area contributed by atoms with E-state index in [-0.39, 0.29) is 37.2 Å². The van der Waals surface area contributed by atoms with Gasteiger partial charge in [0.05, 0.1) is 16.8 Å². The predicted molar refractivity (Wildman–Crippen MR) is 99.8 cm³/mol. The topological polar surface area (TPSA) is 113 Å². The lowest BCUT2D eigenvalue weighted by atomic mass is 10.0. The third kappa shape index (κ3) is 3.19. The molecule has 144 valence electrons. The SMILES string of the molecule is Cl.NC1CCN(c2cccc3c2C(=O)N(C2CCC(=O)NC2=O)C3=O)CC1. The second-order valence-corrected chi connectivity index (χ2v) is 6.97. The molecule has 2 fully saturated rings. The van der Waals surface area contributed by atoms with E-state index in [1.165, 1.54) is 0 Å². The molecule has 8 nitrogen and oxygen atoms in total. The molecule has 0 aliphatic carbocycles. The fourth-order valence-electron chi connectivity index (χ4n) is 3.90. The van der Waals surface area contributed by atoms with Gasteiger partial charge in [0, 0.05) is 25.6 Å². The van der Waals surface area contributed by atoms with Crippen LogP contribution >= 0.6 is 12.4 Å². The van der Waals surface area contributed by atoms with Crippen LogP contribution < -0.4 is 16.0 Å². The third-order valence-electron chi connectivity index (χ3n) is 5.33.